The lowest BCUT2D eigenvalue weighted by atomic mass is 9.94. The lowest BCUT2D eigenvalue weighted by Crippen LogP contribution is -2.31. The van der Waals surface area contributed by atoms with E-state index in [0.717, 1.165) is 6.42 Å². The summed E-state index contributed by atoms with van der Waals surface area (Å²) in [4.78, 5) is 11.6. The van der Waals surface area contributed by atoms with E-state index in [4.69, 9.17) is 0 Å². The van der Waals surface area contributed by atoms with Gasteiger partial charge in [0, 0.05) is 13.0 Å². The SMILES string of the molecule is CC(O)CC(C)CNC(=O)CC(C)C(C)C. The van der Waals surface area contributed by atoms with Gasteiger partial charge in [-0.1, -0.05) is 27.7 Å². The molecule has 3 unspecified atom stereocenters. The topological polar surface area (TPSA) is 49.3 Å². The number of hydrogen-bond donors (Lipinski definition) is 2. The van der Waals surface area contributed by atoms with Crippen LogP contribution in [-0.2, 0) is 4.79 Å². The maximum absolute atomic E-state index is 11.6. The first-order chi connectivity index (χ1) is 7.32. The normalized spacial score (nSPS) is 16.9. The molecule has 3 atom stereocenters. The number of rotatable bonds is 7. The second-order valence-electron chi connectivity index (χ2n) is 5.42. The lowest BCUT2D eigenvalue weighted by molar-refractivity contribution is -0.122. The monoisotopic (exact) mass is 229 g/mol. The molecular formula is C13H27NO2. The van der Waals surface area contributed by atoms with E-state index in [1.165, 1.54) is 0 Å². The molecule has 0 saturated carbocycles. The molecule has 0 aliphatic carbocycles. The molecular weight excluding hydrogens is 202 g/mol. The first kappa shape index (κ1) is 15.4. The van der Waals surface area contributed by atoms with E-state index in [0.29, 0.717) is 30.7 Å². The van der Waals surface area contributed by atoms with Crippen LogP contribution in [0.5, 0.6) is 0 Å². The Morgan fingerprint density at radius 1 is 1.19 bits per heavy atom. The van der Waals surface area contributed by atoms with Gasteiger partial charge in [0.1, 0.15) is 0 Å². The van der Waals surface area contributed by atoms with Crippen LogP contribution in [0, 0.1) is 17.8 Å². The summed E-state index contributed by atoms with van der Waals surface area (Å²) in [5.41, 5.74) is 0. The van der Waals surface area contributed by atoms with Crippen LogP contribution in [0.25, 0.3) is 0 Å². The molecule has 0 spiro atoms. The first-order valence-corrected chi connectivity index (χ1v) is 6.27. The zero-order valence-electron chi connectivity index (χ0n) is 11.3. The summed E-state index contributed by atoms with van der Waals surface area (Å²) in [5.74, 6) is 1.42. The summed E-state index contributed by atoms with van der Waals surface area (Å²) in [7, 11) is 0. The third kappa shape index (κ3) is 7.69. The van der Waals surface area contributed by atoms with Gasteiger partial charge in [-0.2, -0.15) is 0 Å². The van der Waals surface area contributed by atoms with Crippen molar-refractivity contribution >= 4 is 5.91 Å². The van der Waals surface area contributed by atoms with Crippen molar-refractivity contribution in [1.29, 1.82) is 0 Å². The van der Waals surface area contributed by atoms with Crippen LogP contribution >= 0.6 is 0 Å². The number of aliphatic hydroxyl groups excluding tert-OH is 1. The maximum Gasteiger partial charge on any atom is 0.220 e. The van der Waals surface area contributed by atoms with Crippen LogP contribution in [0.2, 0.25) is 0 Å². The molecule has 0 aliphatic rings. The van der Waals surface area contributed by atoms with Gasteiger partial charge in [0.25, 0.3) is 0 Å². The second kappa shape index (κ2) is 7.66. The third-order valence-electron chi connectivity index (χ3n) is 3.04. The Morgan fingerprint density at radius 2 is 1.75 bits per heavy atom. The lowest BCUT2D eigenvalue weighted by Gasteiger charge is -2.17. The highest BCUT2D eigenvalue weighted by molar-refractivity contribution is 5.76. The quantitative estimate of drug-likeness (QED) is 0.703. The first-order valence-electron chi connectivity index (χ1n) is 6.27. The van der Waals surface area contributed by atoms with Crippen molar-refractivity contribution in [2.75, 3.05) is 6.54 Å². The van der Waals surface area contributed by atoms with E-state index in [1.54, 1.807) is 6.92 Å². The fraction of sp³-hybridized carbons (Fsp3) is 0.923. The molecule has 0 rings (SSSR count). The van der Waals surface area contributed by atoms with E-state index in [2.05, 4.69) is 26.1 Å². The molecule has 96 valence electrons. The van der Waals surface area contributed by atoms with Crippen LogP contribution in [-0.4, -0.2) is 23.7 Å². The number of nitrogens with one attached hydrogen (secondary N) is 1. The predicted molar refractivity (Wildman–Crippen MR) is 67.1 cm³/mol. The van der Waals surface area contributed by atoms with Crippen molar-refractivity contribution < 1.29 is 9.90 Å². The fourth-order valence-corrected chi connectivity index (χ4v) is 1.55. The average Bonchev–Trinajstić information content (AvgIpc) is 2.13. The summed E-state index contributed by atoms with van der Waals surface area (Å²) < 4.78 is 0. The summed E-state index contributed by atoms with van der Waals surface area (Å²) in [5, 5.41) is 12.1. The molecule has 0 fully saturated rings. The minimum absolute atomic E-state index is 0.124. The number of carbonyl (C=O) groups is 1. The standard InChI is InChI=1S/C13H27NO2/c1-9(2)11(4)7-13(16)14-8-10(3)6-12(5)15/h9-12,15H,6-8H2,1-5H3,(H,14,16). The Morgan fingerprint density at radius 3 is 2.19 bits per heavy atom. The van der Waals surface area contributed by atoms with Gasteiger partial charge >= 0.3 is 0 Å². The summed E-state index contributed by atoms with van der Waals surface area (Å²) in [6.45, 7) is 10.8. The van der Waals surface area contributed by atoms with Crippen LogP contribution < -0.4 is 5.32 Å². The molecule has 3 nitrogen and oxygen atoms in total. The molecule has 0 heterocycles. The zero-order chi connectivity index (χ0) is 12.7. The van der Waals surface area contributed by atoms with E-state index < -0.39 is 0 Å². The number of carbonyl (C=O) groups excluding carboxylic acids is 1. The Balaban J connectivity index is 3.73. The Labute approximate surface area is 99.6 Å². The van der Waals surface area contributed by atoms with Crippen molar-refractivity contribution in [2.45, 2.75) is 53.6 Å². The van der Waals surface area contributed by atoms with Gasteiger partial charge in [0.15, 0.2) is 0 Å². The highest BCUT2D eigenvalue weighted by Gasteiger charge is 2.13. The van der Waals surface area contributed by atoms with E-state index in [-0.39, 0.29) is 12.0 Å². The van der Waals surface area contributed by atoms with Crippen molar-refractivity contribution in [1.82, 2.24) is 5.32 Å². The van der Waals surface area contributed by atoms with Gasteiger partial charge in [-0.3, -0.25) is 4.79 Å². The van der Waals surface area contributed by atoms with Crippen LogP contribution in [0.15, 0.2) is 0 Å². The Bertz CT molecular complexity index is 202. The van der Waals surface area contributed by atoms with Crippen LogP contribution in [0.3, 0.4) is 0 Å². The largest absolute Gasteiger partial charge is 0.393 e. The predicted octanol–water partition coefficient (Wildman–Crippen LogP) is 2.19. The van der Waals surface area contributed by atoms with Gasteiger partial charge in [-0.15, -0.1) is 0 Å². The molecule has 0 aliphatic heterocycles. The van der Waals surface area contributed by atoms with Crippen molar-refractivity contribution in [3.63, 3.8) is 0 Å². The van der Waals surface area contributed by atoms with Gasteiger partial charge in [0.2, 0.25) is 5.91 Å². The molecule has 0 aromatic heterocycles. The average molecular weight is 229 g/mol. The molecule has 0 radical (unpaired) electrons. The Kier molecular flexibility index (Phi) is 7.39. The van der Waals surface area contributed by atoms with Crippen LogP contribution in [0.4, 0.5) is 0 Å². The molecule has 16 heavy (non-hydrogen) atoms. The third-order valence-corrected chi connectivity index (χ3v) is 3.04. The molecule has 3 heteroatoms. The smallest absolute Gasteiger partial charge is 0.220 e. The van der Waals surface area contributed by atoms with Gasteiger partial charge in [0.05, 0.1) is 6.10 Å². The minimum Gasteiger partial charge on any atom is -0.393 e. The minimum atomic E-state index is -0.290. The van der Waals surface area contributed by atoms with Crippen LogP contribution in [0.1, 0.15) is 47.5 Å². The molecule has 0 bridgehead atoms. The van der Waals surface area contributed by atoms with Gasteiger partial charge < -0.3 is 10.4 Å². The van der Waals surface area contributed by atoms with Crippen molar-refractivity contribution in [3.05, 3.63) is 0 Å². The zero-order valence-corrected chi connectivity index (χ0v) is 11.3. The second-order valence-corrected chi connectivity index (χ2v) is 5.42. The molecule has 2 N–H and O–H groups in total. The van der Waals surface area contributed by atoms with E-state index in [9.17, 15) is 9.90 Å². The number of amides is 1. The molecule has 0 saturated heterocycles. The highest BCUT2D eigenvalue weighted by atomic mass is 16.3. The molecule has 0 aromatic carbocycles. The maximum atomic E-state index is 11.6. The van der Waals surface area contributed by atoms with Crippen molar-refractivity contribution in [2.24, 2.45) is 17.8 Å². The van der Waals surface area contributed by atoms with E-state index in [1.807, 2.05) is 6.92 Å². The molecule has 1 amide bonds. The summed E-state index contributed by atoms with van der Waals surface area (Å²) in [6, 6.07) is 0. The van der Waals surface area contributed by atoms with Crippen molar-refractivity contribution in [3.8, 4) is 0 Å². The summed E-state index contributed by atoms with van der Waals surface area (Å²) in [6.07, 6.45) is 1.04. The van der Waals surface area contributed by atoms with Gasteiger partial charge in [-0.05, 0) is 31.1 Å². The Hall–Kier alpha value is -0.570. The summed E-state index contributed by atoms with van der Waals surface area (Å²) >= 11 is 0. The number of hydrogen-bond acceptors (Lipinski definition) is 2. The molecule has 0 aromatic rings. The fourth-order valence-electron chi connectivity index (χ4n) is 1.55. The number of aliphatic hydroxyl groups is 1. The van der Waals surface area contributed by atoms with E-state index >= 15 is 0 Å². The van der Waals surface area contributed by atoms with Gasteiger partial charge in [-0.25, -0.2) is 0 Å². The highest BCUT2D eigenvalue weighted by Crippen LogP contribution is 2.13.